The number of hydrogen-bond donors (Lipinski definition) is 0. The highest BCUT2D eigenvalue weighted by atomic mass is 16.3. The summed E-state index contributed by atoms with van der Waals surface area (Å²) in [6, 6.07) is 80.7. The maximum atomic E-state index is 6.36. The van der Waals surface area contributed by atoms with Gasteiger partial charge in [0.1, 0.15) is 11.2 Å². The van der Waals surface area contributed by atoms with Gasteiger partial charge in [0, 0.05) is 27.7 Å². The molecular formula is C56H37NO. The number of benzene rings is 10. The van der Waals surface area contributed by atoms with Crippen molar-refractivity contribution in [3.63, 3.8) is 0 Å². The fourth-order valence-corrected chi connectivity index (χ4v) is 8.62. The molecule has 0 amide bonds. The van der Waals surface area contributed by atoms with Crippen molar-refractivity contribution in [2.45, 2.75) is 0 Å². The molecule has 2 heteroatoms. The third-order valence-electron chi connectivity index (χ3n) is 11.5. The van der Waals surface area contributed by atoms with Crippen LogP contribution in [0.5, 0.6) is 0 Å². The summed E-state index contributed by atoms with van der Waals surface area (Å²) in [5, 5.41) is 7.25. The van der Waals surface area contributed by atoms with E-state index in [1.807, 2.05) is 12.1 Å². The Balaban J connectivity index is 1.01. The Labute approximate surface area is 337 Å². The molecule has 10 aromatic carbocycles. The lowest BCUT2D eigenvalue weighted by Gasteiger charge is -2.28. The lowest BCUT2D eigenvalue weighted by atomic mass is 9.95. The number of hydrogen-bond acceptors (Lipinski definition) is 2. The van der Waals surface area contributed by atoms with E-state index >= 15 is 0 Å². The Morgan fingerprint density at radius 3 is 1.57 bits per heavy atom. The van der Waals surface area contributed by atoms with Gasteiger partial charge >= 0.3 is 0 Å². The Kier molecular flexibility index (Phi) is 8.19. The van der Waals surface area contributed by atoms with Gasteiger partial charge in [-0.1, -0.05) is 176 Å². The largest absolute Gasteiger partial charge is 0.456 e. The van der Waals surface area contributed by atoms with Gasteiger partial charge in [0.25, 0.3) is 0 Å². The molecule has 11 rings (SSSR count). The fourth-order valence-electron chi connectivity index (χ4n) is 8.62. The number of fused-ring (bicyclic) bond motifs is 5. The number of para-hydroxylation sites is 2. The van der Waals surface area contributed by atoms with E-state index in [0.717, 1.165) is 50.1 Å². The molecule has 2 nitrogen and oxygen atoms in total. The number of nitrogens with zero attached hydrogens (tertiary/aromatic N) is 1. The third kappa shape index (κ3) is 5.91. The van der Waals surface area contributed by atoms with Gasteiger partial charge in [0.15, 0.2) is 0 Å². The Morgan fingerprint density at radius 2 is 0.793 bits per heavy atom. The molecule has 272 valence electrons. The van der Waals surface area contributed by atoms with Crippen LogP contribution in [0.4, 0.5) is 17.1 Å². The smallest absolute Gasteiger partial charge is 0.136 e. The second kappa shape index (κ2) is 14.1. The quantitative estimate of drug-likeness (QED) is 0.162. The molecule has 0 fully saturated rings. The van der Waals surface area contributed by atoms with E-state index in [4.69, 9.17) is 4.42 Å². The van der Waals surface area contributed by atoms with Crippen molar-refractivity contribution in [1.82, 2.24) is 0 Å². The van der Waals surface area contributed by atoms with Crippen molar-refractivity contribution in [3.05, 3.63) is 224 Å². The second-order valence-corrected chi connectivity index (χ2v) is 14.9. The summed E-state index contributed by atoms with van der Waals surface area (Å²) in [4.78, 5) is 2.38. The molecule has 0 aliphatic rings. The number of rotatable bonds is 7. The minimum absolute atomic E-state index is 0.885. The zero-order valence-electron chi connectivity index (χ0n) is 31.7. The summed E-state index contributed by atoms with van der Waals surface area (Å²) >= 11 is 0. The van der Waals surface area contributed by atoms with Crippen LogP contribution in [0.1, 0.15) is 0 Å². The SMILES string of the molecule is c1ccc(N(c2ccc(-c3ccc(-c4cccc5ccccc45)cc3)cc2)c2ccc(-c3ccc4ccccc4c3)cc2)c(-c2cccc3oc4ccccc4c23)c1. The van der Waals surface area contributed by atoms with Crippen molar-refractivity contribution >= 4 is 60.5 Å². The molecule has 0 radical (unpaired) electrons. The average Bonchev–Trinajstić information content (AvgIpc) is 3.69. The third-order valence-corrected chi connectivity index (χ3v) is 11.5. The van der Waals surface area contributed by atoms with Crippen molar-refractivity contribution < 1.29 is 4.42 Å². The Bertz CT molecular complexity index is 3260. The van der Waals surface area contributed by atoms with Crippen molar-refractivity contribution in [1.29, 1.82) is 0 Å². The highest BCUT2D eigenvalue weighted by molar-refractivity contribution is 6.14. The van der Waals surface area contributed by atoms with Gasteiger partial charge in [-0.15, -0.1) is 0 Å². The monoisotopic (exact) mass is 739 g/mol. The summed E-state index contributed by atoms with van der Waals surface area (Å²) in [6.07, 6.45) is 0. The molecule has 58 heavy (non-hydrogen) atoms. The predicted molar refractivity (Wildman–Crippen MR) is 245 cm³/mol. The molecule has 11 aromatic rings. The maximum absolute atomic E-state index is 6.36. The van der Waals surface area contributed by atoms with E-state index in [9.17, 15) is 0 Å². The van der Waals surface area contributed by atoms with Gasteiger partial charge in [-0.2, -0.15) is 0 Å². The van der Waals surface area contributed by atoms with Crippen LogP contribution in [0.2, 0.25) is 0 Å². The molecule has 0 saturated heterocycles. The summed E-state index contributed by atoms with van der Waals surface area (Å²) in [5.41, 5.74) is 14.5. The van der Waals surface area contributed by atoms with Crippen LogP contribution in [0.25, 0.3) is 88.0 Å². The zero-order valence-corrected chi connectivity index (χ0v) is 31.7. The van der Waals surface area contributed by atoms with Crippen LogP contribution in [-0.4, -0.2) is 0 Å². The average molecular weight is 740 g/mol. The molecule has 1 heterocycles. The minimum Gasteiger partial charge on any atom is -0.456 e. The first-order valence-corrected chi connectivity index (χ1v) is 19.8. The lowest BCUT2D eigenvalue weighted by Crippen LogP contribution is -2.11. The van der Waals surface area contributed by atoms with E-state index in [-0.39, 0.29) is 0 Å². The van der Waals surface area contributed by atoms with Crippen LogP contribution in [0.3, 0.4) is 0 Å². The first-order valence-electron chi connectivity index (χ1n) is 19.8. The van der Waals surface area contributed by atoms with Crippen LogP contribution in [0, 0.1) is 0 Å². The maximum Gasteiger partial charge on any atom is 0.136 e. The van der Waals surface area contributed by atoms with E-state index in [1.165, 1.54) is 54.9 Å². The fraction of sp³-hybridized carbons (Fsp3) is 0. The first kappa shape index (κ1) is 33.6. The first-order chi connectivity index (χ1) is 28.7. The van der Waals surface area contributed by atoms with Gasteiger partial charge in [-0.05, 0) is 109 Å². The standard InChI is InChI=1S/C56H37NO/c1-2-13-44-37-45(28-25-38(44)11-1)41-31-35-47(36-32-41)57(53-20-7-5-16-50(53)51-19-10-22-55-56(51)52-17-6-8-21-54(52)58-55)46-33-29-40(30-34-46)39-23-26-43(27-24-39)49-18-9-14-42-12-3-4-15-48(42)49/h1-37H. The molecule has 0 spiro atoms. The number of furan rings is 1. The van der Waals surface area contributed by atoms with E-state index < -0.39 is 0 Å². The number of anilines is 3. The molecule has 0 N–H and O–H groups in total. The highest BCUT2D eigenvalue weighted by Gasteiger charge is 2.20. The summed E-state index contributed by atoms with van der Waals surface area (Å²) in [6.45, 7) is 0. The van der Waals surface area contributed by atoms with Crippen LogP contribution >= 0.6 is 0 Å². The van der Waals surface area contributed by atoms with Gasteiger partial charge < -0.3 is 9.32 Å². The molecule has 1 aromatic heterocycles. The van der Waals surface area contributed by atoms with Gasteiger partial charge in [0.05, 0.1) is 5.69 Å². The zero-order chi connectivity index (χ0) is 38.4. The van der Waals surface area contributed by atoms with Crippen molar-refractivity contribution in [3.8, 4) is 44.5 Å². The van der Waals surface area contributed by atoms with Crippen LogP contribution in [-0.2, 0) is 0 Å². The second-order valence-electron chi connectivity index (χ2n) is 14.9. The molecular weight excluding hydrogens is 703 g/mol. The van der Waals surface area contributed by atoms with Crippen LogP contribution in [0.15, 0.2) is 229 Å². The topological polar surface area (TPSA) is 16.4 Å². The highest BCUT2D eigenvalue weighted by Crippen LogP contribution is 2.45. The lowest BCUT2D eigenvalue weighted by molar-refractivity contribution is 0.669. The molecule has 0 atom stereocenters. The Hall–Kier alpha value is -7.68. The van der Waals surface area contributed by atoms with E-state index in [1.54, 1.807) is 0 Å². The predicted octanol–water partition coefficient (Wildman–Crippen LogP) is 16.0. The summed E-state index contributed by atoms with van der Waals surface area (Å²) < 4.78 is 6.36. The Morgan fingerprint density at radius 1 is 0.293 bits per heavy atom. The van der Waals surface area contributed by atoms with Gasteiger partial charge in [0.2, 0.25) is 0 Å². The normalized spacial score (nSPS) is 11.4. The molecule has 0 bridgehead atoms. The molecule has 0 aliphatic heterocycles. The van der Waals surface area contributed by atoms with Gasteiger partial charge in [-0.25, -0.2) is 0 Å². The van der Waals surface area contributed by atoms with Crippen LogP contribution < -0.4 is 4.90 Å². The van der Waals surface area contributed by atoms with E-state index in [0.29, 0.717) is 0 Å². The van der Waals surface area contributed by atoms with Crippen molar-refractivity contribution in [2.75, 3.05) is 4.90 Å². The molecule has 0 aliphatic carbocycles. The minimum atomic E-state index is 0.885. The van der Waals surface area contributed by atoms with Crippen molar-refractivity contribution in [2.24, 2.45) is 0 Å². The van der Waals surface area contributed by atoms with Gasteiger partial charge in [-0.3, -0.25) is 0 Å². The molecule has 0 unspecified atom stereocenters. The summed E-state index contributed by atoms with van der Waals surface area (Å²) in [7, 11) is 0. The summed E-state index contributed by atoms with van der Waals surface area (Å²) in [5.74, 6) is 0. The van der Waals surface area contributed by atoms with E-state index in [2.05, 4.69) is 217 Å². The molecule has 0 saturated carbocycles.